The first-order valence-corrected chi connectivity index (χ1v) is 11.5. The van der Waals surface area contributed by atoms with Gasteiger partial charge in [0, 0.05) is 27.8 Å². The Kier molecular flexibility index (Phi) is 7.29. The molecule has 6 nitrogen and oxygen atoms in total. The Hall–Kier alpha value is -3.03. The number of piperidine rings is 1. The van der Waals surface area contributed by atoms with Gasteiger partial charge in [0.05, 0.1) is 6.54 Å². The molecule has 1 fully saturated rings. The maximum atomic E-state index is 12.7. The summed E-state index contributed by atoms with van der Waals surface area (Å²) >= 11 is 3.34. The average Bonchev–Trinajstić information content (AvgIpc) is 2.82. The number of carbonyl (C=O) groups is 2. The fraction of sp³-hybridized carbons (Fsp3) is 0.240. The second-order valence-corrected chi connectivity index (χ2v) is 8.78. The number of pyridine rings is 1. The summed E-state index contributed by atoms with van der Waals surface area (Å²) < 4.78 is 0.869. The van der Waals surface area contributed by atoms with Crippen LogP contribution in [-0.4, -0.2) is 41.3 Å². The third kappa shape index (κ3) is 5.81. The van der Waals surface area contributed by atoms with Gasteiger partial charge in [-0.3, -0.25) is 14.5 Å². The molecule has 0 aliphatic carbocycles. The van der Waals surface area contributed by atoms with Gasteiger partial charge in [0.2, 0.25) is 11.8 Å². The number of amides is 2. The van der Waals surface area contributed by atoms with Crippen molar-refractivity contribution < 1.29 is 9.59 Å². The number of hydrogen-bond donors (Lipinski definition) is 2. The molecule has 3 aromatic rings. The van der Waals surface area contributed by atoms with Crippen LogP contribution in [0.25, 0.3) is 11.1 Å². The second-order valence-electron chi connectivity index (χ2n) is 7.86. The van der Waals surface area contributed by atoms with Crippen LogP contribution >= 0.6 is 15.9 Å². The number of nitrogens with one attached hydrogen (secondary N) is 2. The minimum absolute atomic E-state index is 0.0132. The van der Waals surface area contributed by atoms with Gasteiger partial charge in [0.15, 0.2) is 0 Å². The Balaban J connectivity index is 1.28. The SMILES string of the molecule is O=C(CN1CCC(C(=O)Nc2ccc(Br)cn2)CC1)Nc1ccccc1-c1ccccc1. The highest BCUT2D eigenvalue weighted by Crippen LogP contribution is 2.27. The van der Waals surface area contributed by atoms with Crippen molar-refractivity contribution in [3.63, 3.8) is 0 Å². The molecule has 0 saturated carbocycles. The van der Waals surface area contributed by atoms with Gasteiger partial charge in [-0.1, -0.05) is 48.5 Å². The van der Waals surface area contributed by atoms with Crippen molar-refractivity contribution in [1.82, 2.24) is 9.88 Å². The number of aromatic nitrogens is 1. The minimum Gasteiger partial charge on any atom is -0.324 e. The maximum Gasteiger partial charge on any atom is 0.238 e. The van der Waals surface area contributed by atoms with E-state index < -0.39 is 0 Å². The van der Waals surface area contributed by atoms with Crippen LogP contribution in [0.3, 0.4) is 0 Å². The highest BCUT2D eigenvalue weighted by Gasteiger charge is 2.26. The summed E-state index contributed by atoms with van der Waals surface area (Å²) in [5.74, 6) is 0.423. The van der Waals surface area contributed by atoms with E-state index in [4.69, 9.17) is 0 Å². The van der Waals surface area contributed by atoms with Crippen LogP contribution < -0.4 is 10.6 Å². The van der Waals surface area contributed by atoms with Crippen LogP contribution in [0.4, 0.5) is 11.5 Å². The first kappa shape index (κ1) is 22.2. The van der Waals surface area contributed by atoms with Crippen LogP contribution in [0.5, 0.6) is 0 Å². The van der Waals surface area contributed by atoms with Crippen molar-refractivity contribution in [3.05, 3.63) is 77.4 Å². The number of anilines is 2. The molecule has 7 heteroatoms. The van der Waals surface area contributed by atoms with Gasteiger partial charge in [-0.25, -0.2) is 4.98 Å². The van der Waals surface area contributed by atoms with E-state index in [-0.39, 0.29) is 17.7 Å². The number of halogens is 1. The van der Waals surface area contributed by atoms with Gasteiger partial charge >= 0.3 is 0 Å². The zero-order chi connectivity index (χ0) is 22.3. The van der Waals surface area contributed by atoms with Crippen LogP contribution in [-0.2, 0) is 9.59 Å². The van der Waals surface area contributed by atoms with Crippen molar-refractivity contribution in [3.8, 4) is 11.1 Å². The smallest absolute Gasteiger partial charge is 0.238 e. The van der Waals surface area contributed by atoms with Gasteiger partial charge < -0.3 is 10.6 Å². The van der Waals surface area contributed by atoms with Crippen molar-refractivity contribution in [2.24, 2.45) is 5.92 Å². The number of carbonyl (C=O) groups excluding carboxylic acids is 2. The molecule has 0 spiro atoms. The highest BCUT2D eigenvalue weighted by molar-refractivity contribution is 9.10. The number of benzene rings is 2. The van der Waals surface area contributed by atoms with Crippen molar-refractivity contribution >= 4 is 39.2 Å². The molecule has 32 heavy (non-hydrogen) atoms. The summed E-state index contributed by atoms with van der Waals surface area (Å²) in [4.78, 5) is 31.5. The molecule has 1 aliphatic rings. The first-order chi connectivity index (χ1) is 15.6. The van der Waals surface area contributed by atoms with E-state index in [0.29, 0.717) is 25.5 Å². The molecule has 2 heterocycles. The molecular weight excluding hydrogens is 468 g/mol. The van der Waals surface area contributed by atoms with Crippen LogP contribution in [0.1, 0.15) is 12.8 Å². The molecule has 4 rings (SSSR count). The molecule has 2 N–H and O–H groups in total. The lowest BCUT2D eigenvalue weighted by atomic mass is 9.96. The van der Waals surface area contributed by atoms with E-state index in [1.807, 2.05) is 60.7 Å². The minimum atomic E-state index is -0.0708. The van der Waals surface area contributed by atoms with Gasteiger partial charge in [0.25, 0.3) is 0 Å². The van der Waals surface area contributed by atoms with E-state index in [9.17, 15) is 9.59 Å². The van der Waals surface area contributed by atoms with Crippen LogP contribution in [0, 0.1) is 5.92 Å². The monoisotopic (exact) mass is 492 g/mol. The van der Waals surface area contributed by atoms with Gasteiger partial charge in [-0.2, -0.15) is 0 Å². The third-order valence-electron chi connectivity index (χ3n) is 5.59. The Bertz CT molecular complexity index is 1060. The summed E-state index contributed by atoms with van der Waals surface area (Å²) in [5.41, 5.74) is 2.87. The Labute approximate surface area is 196 Å². The number of likely N-dealkylation sites (tertiary alicyclic amines) is 1. The summed E-state index contributed by atoms with van der Waals surface area (Å²) in [6, 6.07) is 21.5. The fourth-order valence-corrected chi connectivity index (χ4v) is 4.12. The average molecular weight is 493 g/mol. The van der Waals surface area contributed by atoms with Gasteiger partial charge in [-0.05, 0) is 65.6 Å². The summed E-state index contributed by atoms with van der Waals surface area (Å²) in [6.45, 7) is 1.73. The first-order valence-electron chi connectivity index (χ1n) is 10.7. The lowest BCUT2D eigenvalue weighted by Gasteiger charge is -2.30. The molecule has 1 saturated heterocycles. The van der Waals surface area contributed by atoms with Crippen molar-refractivity contribution in [2.45, 2.75) is 12.8 Å². The second kappa shape index (κ2) is 10.5. The largest absolute Gasteiger partial charge is 0.324 e. The molecular formula is C25H25BrN4O2. The van der Waals surface area contributed by atoms with Crippen molar-refractivity contribution in [1.29, 1.82) is 0 Å². The highest BCUT2D eigenvalue weighted by atomic mass is 79.9. The van der Waals surface area contributed by atoms with Gasteiger partial charge in [0.1, 0.15) is 5.82 Å². The van der Waals surface area contributed by atoms with Crippen LogP contribution in [0.15, 0.2) is 77.4 Å². The number of nitrogens with zero attached hydrogens (tertiary/aromatic N) is 2. The summed E-state index contributed by atoms with van der Waals surface area (Å²) in [5, 5.41) is 5.94. The molecule has 0 atom stereocenters. The molecule has 0 radical (unpaired) electrons. The zero-order valence-electron chi connectivity index (χ0n) is 17.6. The molecule has 1 aromatic heterocycles. The number of para-hydroxylation sites is 1. The molecule has 2 aromatic carbocycles. The fourth-order valence-electron chi connectivity index (χ4n) is 3.89. The molecule has 0 unspecified atom stereocenters. The van der Waals surface area contributed by atoms with E-state index in [2.05, 4.69) is 36.4 Å². The molecule has 0 bridgehead atoms. The predicted octanol–water partition coefficient (Wildman–Crippen LogP) is 4.80. The number of hydrogen-bond acceptors (Lipinski definition) is 4. The Morgan fingerprint density at radius 2 is 1.66 bits per heavy atom. The summed E-state index contributed by atoms with van der Waals surface area (Å²) in [7, 11) is 0. The van der Waals surface area contributed by atoms with E-state index in [0.717, 1.165) is 34.1 Å². The maximum absolute atomic E-state index is 12.7. The topological polar surface area (TPSA) is 74.3 Å². The predicted molar refractivity (Wildman–Crippen MR) is 130 cm³/mol. The van der Waals surface area contributed by atoms with E-state index >= 15 is 0 Å². The van der Waals surface area contributed by atoms with E-state index in [1.54, 1.807) is 12.3 Å². The molecule has 164 valence electrons. The lowest BCUT2D eigenvalue weighted by molar-refractivity contribution is -0.121. The van der Waals surface area contributed by atoms with Crippen LogP contribution in [0.2, 0.25) is 0 Å². The Morgan fingerprint density at radius 1 is 0.938 bits per heavy atom. The molecule has 1 aliphatic heterocycles. The molecule has 2 amide bonds. The Morgan fingerprint density at radius 3 is 2.38 bits per heavy atom. The van der Waals surface area contributed by atoms with Crippen molar-refractivity contribution in [2.75, 3.05) is 30.3 Å². The van der Waals surface area contributed by atoms with Gasteiger partial charge in [-0.15, -0.1) is 0 Å². The van der Waals surface area contributed by atoms with E-state index in [1.165, 1.54) is 0 Å². The lowest BCUT2D eigenvalue weighted by Crippen LogP contribution is -2.41. The zero-order valence-corrected chi connectivity index (χ0v) is 19.2. The summed E-state index contributed by atoms with van der Waals surface area (Å²) in [6.07, 6.45) is 3.10. The standard InChI is InChI=1S/C25H25BrN4O2/c26-20-10-11-23(27-16-20)29-25(32)19-12-14-30(15-13-19)17-24(31)28-22-9-5-4-8-21(22)18-6-2-1-3-7-18/h1-11,16,19H,12-15,17H2,(H,28,31)(H,27,29,32). The third-order valence-corrected chi connectivity index (χ3v) is 6.06. The normalized spacial score (nSPS) is 14.7. The quantitative estimate of drug-likeness (QED) is 0.518. The number of rotatable bonds is 6.